The number of hydrogen-bond donors (Lipinski definition) is 3. The molecule has 0 unspecified atom stereocenters. The third-order valence-corrected chi connectivity index (χ3v) is 6.19. The zero-order valence-electron chi connectivity index (χ0n) is 19.2. The number of rotatable bonds is 6. The number of para-hydroxylation sites is 3. The Kier molecular flexibility index (Phi) is 6.01. The summed E-state index contributed by atoms with van der Waals surface area (Å²) in [5.74, 6) is -0.469. The Morgan fingerprint density at radius 1 is 1.00 bits per heavy atom. The van der Waals surface area contributed by atoms with Crippen molar-refractivity contribution in [3.63, 3.8) is 0 Å². The van der Waals surface area contributed by atoms with Crippen LogP contribution in [0, 0.1) is 0 Å². The molecule has 0 aliphatic carbocycles. The van der Waals surface area contributed by atoms with Gasteiger partial charge in [-0.1, -0.05) is 54.6 Å². The average Bonchev–Trinajstić information content (AvgIpc) is 3.14. The third-order valence-electron chi connectivity index (χ3n) is 6.19. The number of aromatic nitrogens is 2. The maximum absolute atomic E-state index is 13.2. The van der Waals surface area contributed by atoms with Gasteiger partial charge in [-0.05, 0) is 36.2 Å². The molecular formula is C27H25N5O3. The maximum atomic E-state index is 13.2. The van der Waals surface area contributed by atoms with E-state index in [1.807, 2.05) is 66.2 Å². The fourth-order valence-electron chi connectivity index (χ4n) is 4.43. The second-order valence-corrected chi connectivity index (χ2v) is 8.59. The number of aryl methyl sites for hydroxylation is 1. The molecule has 0 bridgehead atoms. The van der Waals surface area contributed by atoms with Crippen LogP contribution in [-0.2, 0) is 23.1 Å². The molecule has 0 spiro atoms. The van der Waals surface area contributed by atoms with Gasteiger partial charge < -0.3 is 20.5 Å². The number of hydrogen-bond acceptors (Lipinski definition) is 4. The Bertz CT molecular complexity index is 1410. The first-order valence-corrected chi connectivity index (χ1v) is 11.4. The number of nitrogens with zero attached hydrogens (tertiary/aromatic N) is 2. The van der Waals surface area contributed by atoms with Gasteiger partial charge in [0.05, 0.1) is 34.7 Å². The molecule has 2 atom stereocenters. The predicted molar refractivity (Wildman–Crippen MR) is 133 cm³/mol. The van der Waals surface area contributed by atoms with Crippen LogP contribution in [0.25, 0.3) is 11.0 Å². The van der Waals surface area contributed by atoms with Crippen LogP contribution in [0.2, 0.25) is 0 Å². The topological polar surface area (TPSA) is 105 Å². The normalized spacial score (nSPS) is 16.1. The van der Waals surface area contributed by atoms with Gasteiger partial charge in [-0.15, -0.1) is 0 Å². The minimum absolute atomic E-state index is 0.194. The molecule has 3 aromatic carbocycles. The Balaban J connectivity index is 1.38. The number of carbonyl (C=O) groups is 3. The zero-order valence-corrected chi connectivity index (χ0v) is 19.2. The molecule has 0 fully saturated rings. The van der Waals surface area contributed by atoms with E-state index in [1.165, 1.54) is 0 Å². The number of carbonyl (C=O) groups excluding carboxylic acids is 3. The van der Waals surface area contributed by atoms with Gasteiger partial charge in [0.2, 0.25) is 11.8 Å². The van der Waals surface area contributed by atoms with Gasteiger partial charge in [-0.25, -0.2) is 4.98 Å². The van der Waals surface area contributed by atoms with Gasteiger partial charge in [0, 0.05) is 7.05 Å². The van der Waals surface area contributed by atoms with Crippen molar-refractivity contribution in [1.82, 2.24) is 20.2 Å². The Labute approximate surface area is 202 Å². The van der Waals surface area contributed by atoms with E-state index in [0.29, 0.717) is 23.5 Å². The lowest BCUT2D eigenvalue weighted by molar-refractivity contribution is -0.126. The predicted octanol–water partition coefficient (Wildman–Crippen LogP) is 3.11. The minimum atomic E-state index is -0.993. The van der Waals surface area contributed by atoms with Crippen molar-refractivity contribution in [3.8, 4) is 0 Å². The third kappa shape index (κ3) is 4.63. The number of nitrogens with one attached hydrogen (secondary N) is 3. The van der Waals surface area contributed by atoms with Crippen LogP contribution in [0.3, 0.4) is 0 Å². The molecule has 176 valence electrons. The summed E-state index contributed by atoms with van der Waals surface area (Å²) >= 11 is 0. The Morgan fingerprint density at radius 2 is 1.71 bits per heavy atom. The molecule has 3 N–H and O–H groups in total. The highest BCUT2D eigenvalue weighted by Crippen LogP contribution is 2.23. The fraction of sp³-hybridized carbons (Fsp3) is 0.185. The van der Waals surface area contributed by atoms with Gasteiger partial charge in [0.25, 0.3) is 5.91 Å². The van der Waals surface area contributed by atoms with Gasteiger partial charge >= 0.3 is 0 Å². The SMILES string of the molecule is Cn1c([C@@H](Cc2ccccc2)NC(=O)C[C@H]2NC(=O)c3ccccc3NC2=O)nc2ccccc21. The molecule has 1 aromatic heterocycles. The lowest BCUT2D eigenvalue weighted by Crippen LogP contribution is -2.45. The van der Waals surface area contributed by atoms with Crippen LogP contribution in [-0.4, -0.2) is 33.3 Å². The second kappa shape index (κ2) is 9.42. The maximum Gasteiger partial charge on any atom is 0.254 e. The molecular weight excluding hydrogens is 442 g/mol. The lowest BCUT2D eigenvalue weighted by Gasteiger charge is -2.21. The largest absolute Gasteiger partial charge is 0.346 e. The summed E-state index contributed by atoms with van der Waals surface area (Å²) in [5, 5.41) is 8.47. The quantitative estimate of drug-likeness (QED) is 0.405. The molecule has 2 heterocycles. The molecule has 5 rings (SSSR count). The summed E-state index contributed by atoms with van der Waals surface area (Å²) < 4.78 is 1.97. The van der Waals surface area contributed by atoms with Crippen LogP contribution >= 0.6 is 0 Å². The molecule has 1 aliphatic rings. The van der Waals surface area contributed by atoms with Crippen LogP contribution in [0.5, 0.6) is 0 Å². The molecule has 35 heavy (non-hydrogen) atoms. The van der Waals surface area contributed by atoms with Crippen LogP contribution < -0.4 is 16.0 Å². The van der Waals surface area contributed by atoms with E-state index in [4.69, 9.17) is 4.98 Å². The smallest absolute Gasteiger partial charge is 0.254 e. The van der Waals surface area contributed by atoms with Crippen molar-refractivity contribution in [2.24, 2.45) is 7.05 Å². The van der Waals surface area contributed by atoms with Crippen LogP contribution in [0.15, 0.2) is 78.9 Å². The van der Waals surface area contributed by atoms with Crippen molar-refractivity contribution < 1.29 is 14.4 Å². The highest BCUT2D eigenvalue weighted by atomic mass is 16.2. The highest BCUT2D eigenvalue weighted by Gasteiger charge is 2.30. The number of anilines is 1. The van der Waals surface area contributed by atoms with E-state index in [1.54, 1.807) is 24.3 Å². The van der Waals surface area contributed by atoms with E-state index in [0.717, 1.165) is 16.6 Å². The second-order valence-electron chi connectivity index (χ2n) is 8.59. The van der Waals surface area contributed by atoms with Gasteiger partial charge in [0.1, 0.15) is 11.9 Å². The van der Waals surface area contributed by atoms with Gasteiger partial charge in [-0.2, -0.15) is 0 Å². The summed E-state index contributed by atoms with van der Waals surface area (Å²) in [6, 6.07) is 23.0. The van der Waals surface area contributed by atoms with Gasteiger partial charge in [-0.3, -0.25) is 14.4 Å². The van der Waals surface area contributed by atoms with Gasteiger partial charge in [0.15, 0.2) is 0 Å². The van der Waals surface area contributed by atoms with E-state index in [9.17, 15) is 14.4 Å². The molecule has 8 heteroatoms. The molecule has 0 saturated carbocycles. The number of amides is 3. The number of benzene rings is 3. The summed E-state index contributed by atoms with van der Waals surface area (Å²) in [7, 11) is 1.92. The first-order chi connectivity index (χ1) is 17.0. The number of fused-ring (bicyclic) bond motifs is 2. The van der Waals surface area contributed by atoms with Crippen LogP contribution in [0.4, 0.5) is 5.69 Å². The molecule has 0 radical (unpaired) electrons. The summed E-state index contributed by atoms with van der Waals surface area (Å²) in [6.07, 6.45) is 0.333. The van der Waals surface area contributed by atoms with E-state index < -0.39 is 23.9 Å². The standard InChI is InChI=1S/C27H25N5O3/c1-32-23-14-8-7-13-20(23)29-25(32)21(15-17-9-3-2-4-10-17)28-24(33)16-22-27(35)30-19-12-6-5-11-18(19)26(34)31-22/h2-14,21-22H,15-16H2,1H3,(H,28,33)(H,30,35)(H,31,34)/t21-,22-/m1/s1. The van der Waals surface area contributed by atoms with E-state index in [2.05, 4.69) is 16.0 Å². The average molecular weight is 468 g/mol. The van der Waals surface area contributed by atoms with Crippen molar-refractivity contribution in [1.29, 1.82) is 0 Å². The fourth-order valence-corrected chi connectivity index (χ4v) is 4.43. The molecule has 4 aromatic rings. The van der Waals surface area contributed by atoms with Crippen molar-refractivity contribution >= 4 is 34.4 Å². The van der Waals surface area contributed by atoms with E-state index >= 15 is 0 Å². The molecule has 8 nitrogen and oxygen atoms in total. The Hall–Kier alpha value is -4.46. The molecule has 1 aliphatic heterocycles. The van der Waals surface area contributed by atoms with Crippen molar-refractivity contribution in [2.75, 3.05) is 5.32 Å². The molecule has 3 amide bonds. The number of imidazole rings is 1. The van der Waals surface area contributed by atoms with Crippen LogP contribution in [0.1, 0.15) is 34.2 Å². The van der Waals surface area contributed by atoms with Crippen molar-refractivity contribution in [3.05, 3.63) is 95.8 Å². The summed E-state index contributed by atoms with van der Waals surface area (Å²) in [6.45, 7) is 0. The van der Waals surface area contributed by atoms with Crippen molar-refractivity contribution in [2.45, 2.75) is 24.9 Å². The van der Waals surface area contributed by atoms with E-state index in [-0.39, 0.29) is 12.3 Å². The lowest BCUT2D eigenvalue weighted by atomic mass is 10.0. The summed E-state index contributed by atoms with van der Waals surface area (Å²) in [4.78, 5) is 43.3. The summed E-state index contributed by atoms with van der Waals surface area (Å²) in [5.41, 5.74) is 3.64. The monoisotopic (exact) mass is 467 g/mol. The first kappa shape index (κ1) is 22.3. The zero-order chi connectivity index (χ0) is 24.4. The molecule has 0 saturated heterocycles. The minimum Gasteiger partial charge on any atom is -0.346 e. The Morgan fingerprint density at radius 3 is 2.51 bits per heavy atom. The highest BCUT2D eigenvalue weighted by molar-refractivity contribution is 6.10. The first-order valence-electron chi connectivity index (χ1n) is 11.4.